The minimum atomic E-state index is -0.574. The van der Waals surface area contributed by atoms with Crippen LogP contribution in [-0.4, -0.2) is 30.9 Å². The molecular weight excluding hydrogens is 406 g/mol. The number of ether oxygens (including phenoxy) is 2. The SMILES string of the molecule is COc1cccc([C@@H]2C(C(=O)Nc3ccc(C)cn3)=C(C)NC3=C2C(=O)CCC3)c1OC. The van der Waals surface area contributed by atoms with Crippen LogP contribution in [0.5, 0.6) is 11.5 Å². The molecule has 0 saturated heterocycles. The number of hydrogen-bond donors (Lipinski definition) is 2. The summed E-state index contributed by atoms with van der Waals surface area (Å²) in [5.41, 5.74) is 4.39. The van der Waals surface area contributed by atoms with Gasteiger partial charge in [0.15, 0.2) is 17.3 Å². The number of amides is 1. The third kappa shape index (κ3) is 3.86. The largest absolute Gasteiger partial charge is 0.493 e. The molecule has 1 aromatic carbocycles. The summed E-state index contributed by atoms with van der Waals surface area (Å²) < 4.78 is 11.2. The first-order valence-corrected chi connectivity index (χ1v) is 10.6. The van der Waals surface area contributed by atoms with Crippen LogP contribution in [0.15, 0.2) is 59.1 Å². The van der Waals surface area contributed by atoms with Gasteiger partial charge in [0, 0.05) is 40.7 Å². The zero-order valence-corrected chi connectivity index (χ0v) is 18.7. The molecule has 0 unspecified atom stereocenters. The maximum absolute atomic E-state index is 13.5. The topological polar surface area (TPSA) is 89.5 Å². The standard InChI is InChI=1S/C25H27N3O4/c1-14-11-12-20(26-13-14)28-25(30)21-15(2)27-17-8-6-9-18(29)23(17)22(21)16-7-5-10-19(31-3)24(16)32-4/h5,7,10-13,22,27H,6,8-9H2,1-4H3,(H,26,28,30)/t22-/m1/s1. The van der Waals surface area contributed by atoms with E-state index < -0.39 is 5.92 Å². The second-order valence-corrected chi connectivity index (χ2v) is 8.02. The first kappa shape index (κ1) is 21.6. The van der Waals surface area contributed by atoms with Crippen LogP contribution < -0.4 is 20.1 Å². The highest BCUT2D eigenvalue weighted by atomic mass is 16.5. The first-order valence-electron chi connectivity index (χ1n) is 10.6. The number of nitrogens with zero attached hydrogens (tertiary/aromatic N) is 1. The molecule has 2 aromatic rings. The molecule has 1 aliphatic heterocycles. The van der Waals surface area contributed by atoms with Crippen molar-refractivity contribution in [3.05, 3.63) is 70.2 Å². The Labute approximate surface area is 187 Å². The number of para-hydroxylation sites is 1. The highest BCUT2D eigenvalue weighted by molar-refractivity contribution is 6.09. The Morgan fingerprint density at radius 1 is 1.12 bits per heavy atom. The van der Waals surface area contributed by atoms with Gasteiger partial charge in [-0.15, -0.1) is 0 Å². The number of Topliss-reactive ketones (excluding diaryl/α,β-unsaturated/α-hetero) is 1. The number of aryl methyl sites for hydroxylation is 1. The Morgan fingerprint density at radius 3 is 2.62 bits per heavy atom. The van der Waals surface area contributed by atoms with E-state index in [9.17, 15) is 9.59 Å². The number of benzene rings is 1. The van der Waals surface area contributed by atoms with Crippen molar-refractivity contribution in [2.75, 3.05) is 19.5 Å². The summed E-state index contributed by atoms with van der Waals surface area (Å²) in [6, 6.07) is 9.18. The van der Waals surface area contributed by atoms with Gasteiger partial charge in [0.1, 0.15) is 5.82 Å². The molecule has 1 aliphatic carbocycles. The van der Waals surface area contributed by atoms with Crippen molar-refractivity contribution in [1.29, 1.82) is 0 Å². The Kier molecular flexibility index (Phi) is 5.99. The molecule has 0 saturated carbocycles. The average molecular weight is 434 g/mol. The van der Waals surface area contributed by atoms with Crippen molar-refractivity contribution in [3.63, 3.8) is 0 Å². The number of allylic oxidation sites excluding steroid dienone is 3. The number of hydrogen-bond acceptors (Lipinski definition) is 6. The molecule has 0 bridgehead atoms. The predicted molar refractivity (Wildman–Crippen MR) is 122 cm³/mol. The summed E-state index contributed by atoms with van der Waals surface area (Å²) in [5.74, 6) is 0.665. The number of methoxy groups -OCH3 is 2. The highest BCUT2D eigenvalue weighted by Crippen LogP contribution is 2.47. The number of anilines is 1. The third-order valence-electron chi connectivity index (χ3n) is 5.92. The number of carbonyl (C=O) groups excluding carboxylic acids is 2. The van der Waals surface area contributed by atoms with Crippen molar-refractivity contribution in [1.82, 2.24) is 10.3 Å². The van der Waals surface area contributed by atoms with E-state index >= 15 is 0 Å². The lowest BCUT2D eigenvalue weighted by atomic mass is 9.74. The quantitative estimate of drug-likeness (QED) is 0.741. The molecule has 7 heteroatoms. The van der Waals surface area contributed by atoms with Crippen LogP contribution >= 0.6 is 0 Å². The molecule has 2 N–H and O–H groups in total. The normalized spacial score (nSPS) is 18.1. The fourth-order valence-electron chi connectivity index (χ4n) is 4.46. The molecule has 0 radical (unpaired) electrons. The van der Waals surface area contributed by atoms with Crippen LogP contribution in [0, 0.1) is 6.92 Å². The number of carbonyl (C=O) groups is 2. The van der Waals surface area contributed by atoms with E-state index in [1.165, 1.54) is 0 Å². The number of dihydropyridines is 1. The summed E-state index contributed by atoms with van der Waals surface area (Å²) in [6.07, 6.45) is 3.70. The van der Waals surface area contributed by atoms with Gasteiger partial charge in [0.2, 0.25) is 0 Å². The summed E-state index contributed by atoms with van der Waals surface area (Å²) in [7, 11) is 3.13. The van der Waals surface area contributed by atoms with Crippen LogP contribution in [0.25, 0.3) is 0 Å². The Bertz CT molecular complexity index is 1130. The molecule has 1 amide bonds. The average Bonchev–Trinajstić information content (AvgIpc) is 2.79. The van der Waals surface area contributed by atoms with Crippen LogP contribution in [0.2, 0.25) is 0 Å². The lowest BCUT2D eigenvalue weighted by molar-refractivity contribution is -0.116. The van der Waals surface area contributed by atoms with Crippen LogP contribution in [0.1, 0.15) is 43.2 Å². The number of rotatable bonds is 5. The monoisotopic (exact) mass is 433 g/mol. The number of pyridine rings is 1. The van der Waals surface area contributed by atoms with Crippen molar-refractivity contribution < 1.29 is 19.1 Å². The van der Waals surface area contributed by atoms with E-state index in [4.69, 9.17) is 9.47 Å². The van der Waals surface area contributed by atoms with Crippen LogP contribution in [0.4, 0.5) is 5.82 Å². The van der Waals surface area contributed by atoms with E-state index in [1.807, 2.05) is 32.0 Å². The van der Waals surface area contributed by atoms with Gasteiger partial charge in [0.05, 0.1) is 20.1 Å². The van der Waals surface area contributed by atoms with Crippen molar-refractivity contribution in [2.45, 2.75) is 39.0 Å². The third-order valence-corrected chi connectivity index (χ3v) is 5.92. The van der Waals surface area contributed by atoms with Gasteiger partial charge < -0.3 is 20.1 Å². The lowest BCUT2D eigenvalue weighted by Gasteiger charge is -2.35. The smallest absolute Gasteiger partial charge is 0.255 e. The Hall–Kier alpha value is -3.61. The highest BCUT2D eigenvalue weighted by Gasteiger charge is 2.40. The molecule has 2 aliphatic rings. The maximum Gasteiger partial charge on any atom is 0.255 e. The fraction of sp³-hybridized carbons (Fsp3) is 0.320. The Morgan fingerprint density at radius 2 is 1.94 bits per heavy atom. The van der Waals surface area contributed by atoms with Crippen molar-refractivity contribution in [3.8, 4) is 11.5 Å². The summed E-state index contributed by atoms with van der Waals surface area (Å²) in [5, 5.41) is 6.22. The zero-order chi connectivity index (χ0) is 22.8. The maximum atomic E-state index is 13.5. The molecule has 0 fully saturated rings. The number of aromatic nitrogens is 1. The van der Waals surface area contributed by atoms with Gasteiger partial charge in [-0.2, -0.15) is 0 Å². The molecule has 4 rings (SSSR count). The van der Waals surface area contributed by atoms with Gasteiger partial charge in [-0.25, -0.2) is 4.98 Å². The minimum Gasteiger partial charge on any atom is -0.493 e. The second-order valence-electron chi connectivity index (χ2n) is 8.02. The predicted octanol–water partition coefficient (Wildman–Crippen LogP) is 4.01. The van der Waals surface area contributed by atoms with E-state index in [2.05, 4.69) is 15.6 Å². The number of nitrogens with one attached hydrogen (secondary N) is 2. The molecule has 1 atom stereocenters. The van der Waals surface area contributed by atoms with E-state index in [1.54, 1.807) is 32.5 Å². The summed E-state index contributed by atoms with van der Waals surface area (Å²) >= 11 is 0. The van der Waals surface area contributed by atoms with Gasteiger partial charge >= 0.3 is 0 Å². The molecule has 1 aromatic heterocycles. The fourth-order valence-corrected chi connectivity index (χ4v) is 4.46. The minimum absolute atomic E-state index is 0.0416. The van der Waals surface area contributed by atoms with Crippen molar-refractivity contribution in [2.24, 2.45) is 0 Å². The Balaban J connectivity index is 1.85. The van der Waals surface area contributed by atoms with Gasteiger partial charge in [-0.1, -0.05) is 18.2 Å². The van der Waals surface area contributed by atoms with Gasteiger partial charge in [-0.05, 0) is 44.4 Å². The van der Waals surface area contributed by atoms with E-state index in [0.29, 0.717) is 40.6 Å². The molecule has 2 heterocycles. The van der Waals surface area contributed by atoms with E-state index in [0.717, 1.165) is 29.7 Å². The van der Waals surface area contributed by atoms with Gasteiger partial charge in [0.25, 0.3) is 5.91 Å². The van der Waals surface area contributed by atoms with Crippen LogP contribution in [0.3, 0.4) is 0 Å². The summed E-state index contributed by atoms with van der Waals surface area (Å²) in [6.45, 7) is 3.80. The van der Waals surface area contributed by atoms with E-state index in [-0.39, 0.29) is 11.7 Å². The number of ketones is 1. The molecule has 166 valence electrons. The summed E-state index contributed by atoms with van der Waals surface area (Å²) in [4.78, 5) is 30.9. The van der Waals surface area contributed by atoms with Gasteiger partial charge in [-0.3, -0.25) is 9.59 Å². The van der Waals surface area contributed by atoms with Crippen LogP contribution in [-0.2, 0) is 9.59 Å². The molecule has 7 nitrogen and oxygen atoms in total. The zero-order valence-electron chi connectivity index (χ0n) is 18.7. The van der Waals surface area contributed by atoms with Crippen molar-refractivity contribution >= 4 is 17.5 Å². The second kappa shape index (κ2) is 8.86. The first-order chi connectivity index (χ1) is 15.4. The molecular formula is C25H27N3O4. The molecule has 0 spiro atoms. The molecule has 32 heavy (non-hydrogen) atoms. The lowest BCUT2D eigenvalue weighted by Crippen LogP contribution is -2.35.